The summed E-state index contributed by atoms with van der Waals surface area (Å²) in [6.45, 7) is 7.40. The first-order valence-corrected chi connectivity index (χ1v) is 15.9. The van der Waals surface area contributed by atoms with Crippen LogP contribution in [0.2, 0.25) is 10.0 Å². The molecule has 2 fully saturated rings. The van der Waals surface area contributed by atoms with Crippen molar-refractivity contribution in [3.63, 3.8) is 0 Å². The largest absolute Gasteiger partial charge is 0.353 e. The summed E-state index contributed by atoms with van der Waals surface area (Å²) in [5.74, 6) is -0.0912. The number of likely N-dealkylation sites (N-methyl/N-ethyl adjacent to an activating group) is 1. The number of nitrogens with one attached hydrogen (secondary N) is 1. The number of aromatic amines is 1. The van der Waals surface area contributed by atoms with Gasteiger partial charge in [-0.25, -0.2) is 9.37 Å². The number of carbonyl (C=O) groups excluding carboxylic acids is 1. The number of nitriles is 1. The number of likely N-dealkylation sites (tertiary alicyclic amines) is 1. The summed E-state index contributed by atoms with van der Waals surface area (Å²) in [7, 11) is 4.09. The smallest absolute Gasteiger partial charge is 0.246 e. The number of anilines is 1. The Balaban J connectivity index is 1.45. The van der Waals surface area contributed by atoms with Crippen LogP contribution in [0.3, 0.4) is 0 Å². The molecule has 46 heavy (non-hydrogen) atoms. The lowest BCUT2D eigenvalue weighted by Gasteiger charge is -2.43. The minimum atomic E-state index is -0.551. The van der Waals surface area contributed by atoms with Crippen molar-refractivity contribution >= 4 is 67.6 Å². The van der Waals surface area contributed by atoms with Crippen LogP contribution >= 0.6 is 23.2 Å². The molecule has 5 heterocycles. The van der Waals surface area contributed by atoms with E-state index in [2.05, 4.69) is 32.6 Å². The first kappa shape index (κ1) is 30.4. The Labute approximate surface area is 275 Å². The molecule has 236 valence electrons. The number of amides is 1. The number of H-pyrrole nitrogens is 1. The number of halogens is 3. The molecule has 1 unspecified atom stereocenters. The van der Waals surface area contributed by atoms with Crippen molar-refractivity contribution in [1.82, 2.24) is 34.8 Å². The minimum Gasteiger partial charge on any atom is -0.353 e. The summed E-state index contributed by atoms with van der Waals surface area (Å²) >= 11 is 13.6. The second-order valence-electron chi connectivity index (χ2n) is 12.4. The van der Waals surface area contributed by atoms with Gasteiger partial charge in [0.15, 0.2) is 5.82 Å². The average molecular weight is 661 g/mol. The van der Waals surface area contributed by atoms with Crippen molar-refractivity contribution in [2.24, 2.45) is 0 Å². The molecule has 0 bridgehead atoms. The van der Waals surface area contributed by atoms with E-state index in [9.17, 15) is 10.1 Å². The highest BCUT2D eigenvalue weighted by molar-refractivity contribution is 6.36. The lowest BCUT2D eigenvalue weighted by Crippen LogP contribution is -2.57. The number of fused-ring (bicyclic) bond motifs is 4. The maximum absolute atomic E-state index is 17.1. The summed E-state index contributed by atoms with van der Waals surface area (Å²) < 4.78 is 19.0. The van der Waals surface area contributed by atoms with Crippen LogP contribution in [0, 0.1) is 24.1 Å². The number of piperidine rings is 1. The zero-order chi connectivity index (χ0) is 32.4. The molecule has 2 saturated heterocycles. The Morgan fingerprint density at radius 2 is 1.98 bits per heavy atom. The molecule has 1 N–H and O–H groups in total. The Morgan fingerprint density at radius 3 is 2.70 bits per heavy atom. The van der Waals surface area contributed by atoms with Crippen molar-refractivity contribution in [3.8, 4) is 17.2 Å². The molecule has 3 aromatic heterocycles. The highest BCUT2D eigenvalue weighted by Gasteiger charge is 2.36. The number of hydrogen-bond donors (Lipinski definition) is 1. The quantitative estimate of drug-likeness (QED) is 0.214. The third kappa shape index (κ3) is 4.70. The highest BCUT2D eigenvalue weighted by atomic mass is 35.5. The third-order valence-electron chi connectivity index (χ3n) is 9.60. The van der Waals surface area contributed by atoms with Gasteiger partial charge in [-0.3, -0.25) is 14.6 Å². The normalized spacial score (nSPS) is 18.9. The molecule has 2 atom stereocenters. The molecule has 5 aromatic rings. The van der Waals surface area contributed by atoms with Gasteiger partial charge in [0, 0.05) is 58.6 Å². The van der Waals surface area contributed by atoms with Gasteiger partial charge in [0.05, 0.1) is 52.4 Å². The zero-order valence-electron chi connectivity index (χ0n) is 25.7. The van der Waals surface area contributed by atoms with Crippen molar-refractivity contribution in [1.29, 1.82) is 5.26 Å². The Kier molecular flexibility index (Phi) is 7.62. The van der Waals surface area contributed by atoms with E-state index < -0.39 is 5.82 Å². The number of rotatable bonds is 6. The number of benzene rings is 2. The zero-order valence-corrected chi connectivity index (χ0v) is 27.2. The molecule has 7 rings (SSSR count). The molecule has 0 spiro atoms. The molecule has 2 aromatic carbocycles. The third-order valence-corrected chi connectivity index (χ3v) is 10.3. The Morgan fingerprint density at radius 1 is 1.20 bits per heavy atom. The van der Waals surface area contributed by atoms with E-state index in [0.29, 0.717) is 63.7 Å². The van der Waals surface area contributed by atoms with Crippen LogP contribution in [0.5, 0.6) is 0 Å². The van der Waals surface area contributed by atoms with Gasteiger partial charge in [-0.15, -0.1) is 0 Å². The molecule has 2 aliphatic heterocycles. The van der Waals surface area contributed by atoms with E-state index in [4.69, 9.17) is 33.3 Å². The molecule has 0 radical (unpaired) electrons. The second-order valence-corrected chi connectivity index (χ2v) is 13.2. The maximum atomic E-state index is 17.1. The molecular weight excluding hydrogens is 628 g/mol. The number of carbonyl (C=O) groups is 1. The van der Waals surface area contributed by atoms with Crippen molar-refractivity contribution in [3.05, 3.63) is 58.6 Å². The second kappa shape index (κ2) is 11.5. The van der Waals surface area contributed by atoms with E-state index in [0.717, 1.165) is 24.0 Å². The first-order valence-electron chi connectivity index (χ1n) is 15.2. The van der Waals surface area contributed by atoms with Gasteiger partial charge in [-0.1, -0.05) is 29.8 Å². The van der Waals surface area contributed by atoms with Crippen LogP contribution in [-0.4, -0.2) is 86.5 Å². The molecule has 13 heteroatoms. The molecular formula is C33H32Cl2FN9O. The monoisotopic (exact) mass is 659 g/mol. The molecule has 2 aliphatic rings. The van der Waals surface area contributed by atoms with E-state index in [1.165, 1.54) is 6.08 Å². The SMILES string of the molecule is C=CC(=O)N1CCC(n2ncc3c(N4CC(N(C)C)C4)nc4c(F)c(-c5c(C)c(Cl)cc6[nH]ncc56)c(Cl)cc4c32)C[C@H]1CC#N. The predicted molar refractivity (Wildman–Crippen MR) is 179 cm³/mol. The Hall–Kier alpha value is -4.24. The number of hydrogen-bond acceptors (Lipinski definition) is 7. The number of nitrogens with zero attached hydrogens (tertiary/aromatic N) is 8. The van der Waals surface area contributed by atoms with Crippen LogP contribution in [0.4, 0.5) is 10.2 Å². The van der Waals surface area contributed by atoms with Crippen molar-refractivity contribution in [2.45, 2.75) is 44.3 Å². The van der Waals surface area contributed by atoms with Gasteiger partial charge in [0.25, 0.3) is 0 Å². The van der Waals surface area contributed by atoms with Crippen LogP contribution < -0.4 is 4.90 Å². The summed E-state index contributed by atoms with van der Waals surface area (Å²) in [6, 6.07) is 5.66. The maximum Gasteiger partial charge on any atom is 0.246 e. The van der Waals surface area contributed by atoms with Gasteiger partial charge < -0.3 is 14.7 Å². The van der Waals surface area contributed by atoms with Gasteiger partial charge in [0.2, 0.25) is 5.91 Å². The van der Waals surface area contributed by atoms with Crippen LogP contribution in [0.15, 0.2) is 37.2 Å². The fourth-order valence-electron chi connectivity index (χ4n) is 7.00. The molecule has 0 aliphatic carbocycles. The van der Waals surface area contributed by atoms with E-state index in [1.54, 1.807) is 29.4 Å². The van der Waals surface area contributed by atoms with Crippen molar-refractivity contribution in [2.75, 3.05) is 38.6 Å². The number of pyridine rings is 1. The van der Waals surface area contributed by atoms with Crippen LogP contribution in [0.1, 0.15) is 30.9 Å². The first-order chi connectivity index (χ1) is 22.1. The minimum absolute atomic E-state index is 0.142. The van der Waals surface area contributed by atoms with Gasteiger partial charge >= 0.3 is 0 Å². The summed E-state index contributed by atoms with van der Waals surface area (Å²) in [4.78, 5) is 23.6. The van der Waals surface area contributed by atoms with Crippen LogP contribution in [-0.2, 0) is 4.79 Å². The summed E-state index contributed by atoms with van der Waals surface area (Å²) in [6.07, 6.45) is 6.04. The van der Waals surface area contributed by atoms with Gasteiger partial charge in [-0.2, -0.15) is 15.5 Å². The highest BCUT2D eigenvalue weighted by Crippen LogP contribution is 2.45. The fourth-order valence-corrected chi connectivity index (χ4v) is 7.49. The van der Waals surface area contributed by atoms with E-state index in [1.807, 2.05) is 25.7 Å². The molecule has 0 saturated carbocycles. The molecule has 1 amide bonds. The topological polar surface area (TPSA) is 110 Å². The fraction of sp³-hybridized carbons (Fsp3) is 0.364. The lowest BCUT2D eigenvalue weighted by atomic mass is 9.93. The summed E-state index contributed by atoms with van der Waals surface area (Å²) in [5, 5.41) is 24.2. The molecule has 10 nitrogen and oxygen atoms in total. The van der Waals surface area contributed by atoms with Crippen molar-refractivity contribution < 1.29 is 9.18 Å². The van der Waals surface area contributed by atoms with Crippen LogP contribution in [0.25, 0.3) is 43.8 Å². The summed E-state index contributed by atoms with van der Waals surface area (Å²) in [5.41, 5.74) is 3.04. The average Bonchev–Trinajstić information content (AvgIpc) is 3.66. The van der Waals surface area contributed by atoms with E-state index >= 15 is 4.39 Å². The standard InChI is InChI=1S/C33H32Cl2FN9O/c1-5-27(46)44-9-7-19(10-18(44)6-8-37)45-32-21-11-25(35)29(28-17(2)24(34)12-26-22(28)13-38-41-26)30(36)31(21)40-33(23(32)14-39-45)43-15-20(16-43)42(3)4/h5,11-14,18-20H,1,6-7,9-10,15-16H2,2-4H3,(H,38,41)/t18-,19?/m1/s1. The Bertz CT molecular complexity index is 2090. The predicted octanol–water partition coefficient (Wildman–Crippen LogP) is 6.26. The lowest BCUT2D eigenvalue weighted by molar-refractivity contribution is -0.130. The van der Waals surface area contributed by atoms with Gasteiger partial charge in [-0.05, 0) is 57.6 Å². The van der Waals surface area contributed by atoms with Gasteiger partial charge in [0.1, 0.15) is 11.3 Å². The number of aromatic nitrogens is 5. The van der Waals surface area contributed by atoms with E-state index in [-0.39, 0.29) is 40.5 Å².